The molecular formula is C36H30N2O2PtS. The number of pyridine rings is 2. The number of nitrogens with zero attached hydrogens (tertiary/aromatic N) is 2. The van der Waals surface area contributed by atoms with E-state index in [-0.39, 0.29) is 31.9 Å². The van der Waals surface area contributed by atoms with Crippen LogP contribution < -0.4 is 4.74 Å². The molecule has 212 valence electrons. The molecule has 0 amide bonds. The summed E-state index contributed by atoms with van der Waals surface area (Å²) in [7, 11) is 0. The molecule has 3 aromatic carbocycles. The molecule has 0 aliphatic carbocycles. The number of hydrogen-bond acceptors (Lipinski definition) is 5. The topological polar surface area (TPSA) is 48.2 Å². The van der Waals surface area contributed by atoms with Crippen molar-refractivity contribution < 1.29 is 30.2 Å². The Morgan fingerprint density at radius 3 is 2.31 bits per heavy atom. The second kappa shape index (κ2) is 10.3. The summed E-state index contributed by atoms with van der Waals surface area (Å²) < 4.78 is 15.0. The van der Waals surface area contributed by atoms with Crippen LogP contribution in [-0.2, 0) is 31.9 Å². The van der Waals surface area contributed by atoms with E-state index in [0.29, 0.717) is 11.8 Å². The summed E-state index contributed by atoms with van der Waals surface area (Å²) in [5.74, 6) is 0.997. The van der Waals surface area contributed by atoms with Gasteiger partial charge < -0.3 is 9.15 Å². The Morgan fingerprint density at radius 2 is 1.57 bits per heavy atom. The van der Waals surface area contributed by atoms with E-state index in [0.717, 1.165) is 53.9 Å². The van der Waals surface area contributed by atoms with Crippen LogP contribution in [0.1, 0.15) is 52.7 Å². The van der Waals surface area contributed by atoms with Gasteiger partial charge in [-0.2, -0.15) is 0 Å². The van der Waals surface area contributed by atoms with Gasteiger partial charge in [-0.25, -0.2) is 0 Å². The van der Waals surface area contributed by atoms with Crippen molar-refractivity contribution in [1.82, 2.24) is 9.97 Å². The SMILES string of the molecule is CC(C)(C)c1c[c-]c(-c2cccc(Oc3nc(-c4[c-]ccc(C(C)(C)C)c4)c4oc5cccc6sc3c4c56)n2)cc1.[Pt+2]. The number of thiophene rings is 1. The predicted molar refractivity (Wildman–Crippen MR) is 168 cm³/mol. The molecular weight excluding hydrogens is 720 g/mol. The Kier molecular flexibility index (Phi) is 7.03. The molecule has 0 fully saturated rings. The Balaban J connectivity index is 0.00000316. The van der Waals surface area contributed by atoms with Crippen molar-refractivity contribution in [3.8, 4) is 34.3 Å². The van der Waals surface area contributed by atoms with Crippen LogP contribution in [0.15, 0.2) is 77.2 Å². The monoisotopic (exact) mass is 749 g/mol. The third kappa shape index (κ3) is 4.93. The average molecular weight is 750 g/mol. The van der Waals surface area contributed by atoms with E-state index in [2.05, 4.69) is 84.0 Å². The number of benzene rings is 3. The summed E-state index contributed by atoms with van der Waals surface area (Å²) >= 11 is 1.67. The van der Waals surface area contributed by atoms with Gasteiger partial charge in [0.15, 0.2) is 0 Å². The van der Waals surface area contributed by atoms with Crippen LogP contribution in [0.2, 0.25) is 0 Å². The summed E-state index contributed by atoms with van der Waals surface area (Å²) in [5, 5.41) is 2.15. The van der Waals surface area contributed by atoms with Crippen LogP contribution in [0, 0.1) is 12.1 Å². The standard InChI is InChI=1S/C36H30N2O2S.Pt/c1-35(2,3)23-18-16-21(17-19-23)25-12-8-15-28(37-25)40-34-33-30-29-26(13-9-14-27(29)41-33)39-32(30)31(38-34)22-10-7-11-24(20-22)36(4,5)6;/h7-9,11-16,18-20H,1-6H3;/q-2;+2. The second-order valence-corrected chi connectivity index (χ2v) is 13.6. The smallest absolute Gasteiger partial charge is 0.464 e. The van der Waals surface area contributed by atoms with Crippen molar-refractivity contribution in [3.05, 3.63) is 96.1 Å². The molecule has 0 aliphatic heterocycles. The van der Waals surface area contributed by atoms with E-state index in [1.165, 1.54) is 11.1 Å². The van der Waals surface area contributed by atoms with Crippen LogP contribution in [-0.4, -0.2) is 9.97 Å². The van der Waals surface area contributed by atoms with E-state index < -0.39 is 0 Å². The number of furan rings is 1. The Bertz CT molecular complexity index is 2040. The van der Waals surface area contributed by atoms with Gasteiger partial charge in [0.25, 0.3) is 0 Å². The fourth-order valence-corrected chi connectivity index (χ4v) is 6.34. The number of hydrogen-bond donors (Lipinski definition) is 0. The summed E-state index contributed by atoms with van der Waals surface area (Å²) in [6.07, 6.45) is 0. The molecule has 0 atom stereocenters. The minimum absolute atomic E-state index is 0. The van der Waals surface area contributed by atoms with Gasteiger partial charge in [-0.3, -0.25) is 9.97 Å². The summed E-state index contributed by atoms with van der Waals surface area (Å²) in [4.78, 5) is 9.92. The molecule has 6 heteroatoms. The molecule has 0 saturated heterocycles. The second-order valence-electron chi connectivity index (χ2n) is 12.6. The first-order valence-corrected chi connectivity index (χ1v) is 14.6. The molecule has 0 radical (unpaired) electrons. The van der Waals surface area contributed by atoms with Gasteiger partial charge in [-0.05, 0) is 34.7 Å². The van der Waals surface area contributed by atoms with Crippen LogP contribution in [0.25, 0.3) is 53.9 Å². The molecule has 0 N–H and O–H groups in total. The van der Waals surface area contributed by atoms with E-state index in [4.69, 9.17) is 19.1 Å². The minimum atomic E-state index is -0.0143. The third-order valence-corrected chi connectivity index (χ3v) is 8.68. The predicted octanol–water partition coefficient (Wildman–Crippen LogP) is 10.3. The molecule has 0 saturated carbocycles. The third-order valence-electron chi connectivity index (χ3n) is 7.54. The first-order valence-electron chi connectivity index (χ1n) is 13.8. The van der Waals surface area contributed by atoms with Crippen molar-refractivity contribution in [2.75, 3.05) is 0 Å². The van der Waals surface area contributed by atoms with Gasteiger partial charge >= 0.3 is 21.1 Å². The van der Waals surface area contributed by atoms with Crippen LogP contribution in [0.4, 0.5) is 0 Å². The van der Waals surface area contributed by atoms with Crippen molar-refractivity contribution in [1.29, 1.82) is 0 Å². The normalized spacial score (nSPS) is 12.3. The maximum Gasteiger partial charge on any atom is 2.00 e. The van der Waals surface area contributed by atoms with Gasteiger partial charge in [0, 0.05) is 21.2 Å². The molecule has 42 heavy (non-hydrogen) atoms. The van der Waals surface area contributed by atoms with Gasteiger partial charge in [0.2, 0.25) is 11.8 Å². The molecule has 7 aromatic rings. The fraction of sp³-hybridized carbons (Fsp3) is 0.222. The van der Waals surface area contributed by atoms with Crippen molar-refractivity contribution in [2.24, 2.45) is 0 Å². The largest absolute Gasteiger partial charge is 2.00 e. The zero-order valence-electron chi connectivity index (χ0n) is 24.4. The summed E-state index contributed by atoms with van der Waals surface area (Å²) in [6, 6.07) is 31.3. The zero-order chi connectivity index (χ0) is 28.5. The Hall–Kier alpha value is -3.53. The molecule has 7 rings (SSSR count). The molecule has 4 heterocycles. The van der Waals surface area contributed by atoms with Crippen molar-refractivity contribution in [2.45, 2.75) is 52.4 Å². The van der Waals surface area contributed by atoms with Crippen molar-refractivity contribution >= 4 is 42.7 Å². The molecule has 0 unspecified atom stereocenters. The molecule has 4 nitrogen and oxygen atoms in total. The Labute approximate surface area is 264 Å². The average Bonchev–Trinajstić information content (AvgIpc) is 3.54. The molecule has 0 bridgehead atoms. The van der Waals surface area contributed by atoms with E-state index in [1.54, 1.807) is 11.3 Å². The Morgan fingerprint density at radius 1 is 0.786 bits per heavy atom. The van der Waals surface area contributed by atoms with Gasteiger partial charge in [0.05, 0.1) is 0 Å². The fourth-order valence-electron chi connectivity index (χ4n) is 5.19. The molecule has 0 aliphatic rings. The van der Waals surface area contributed by atoms with E-state index >= 15 is 0 Å². The van der Waals surface area contributed by atoms with Crippen LogP contribution in [0.3, 0.4) is 0 Å². The van der Waals surface area contributed by atoms with Gasteiger partial charge in [-0.15, -0.1) is 82.1 Å². The summed E-state index contributed by atoms with van der Waals surface area (Å²) in [6.45, 7) is 13.2. The van der Waals surface area contributed by atoms with E-state index in [9.17, 15) is 0 Å². The number of ether oxygens (including phenoxy) is 1. The van der Waals surface area contributed by atoms with Gasteiger partial charge in [0.1, 0.15) is 15.9 Å². The maximum absolute atomic E-state index is 6.50. The first-order chi connectivity index (χ1) is 19.6. The van der Waals surface area contributed by atoms with Crippen LogP contribution >= 0.6 is 11.3 Å². The first kappa shape index (κ1) is 28.6. The minimum Gasteiger partial charge on any atom is -0.464 e. The zero-order valence-corrected chi connectivity index (χ0v) is 27.5. The quantitative estimate of drug-likeness (QED) is 0.168. The summed E-state index contributed by atoms with van der Waals surface area (Å²) in [5.41, 5.74) is 7.42. The molecule has 0 spiro atoms. The molecule has 4 aromatic heterocycles. The van der Waals surface area contributed by atoms with E-state index in [1.807, 2.05) is 42.5 Å². The van der Waals surface area contributed by atoms with Crippen LogP contribution in [0.5, 0.6) is 11.8 Å². The number of rotatable bonds is 4. The van der Waals surface area contributed by atoms with Crippen molar-refractivity contribution in [3.63, 3.8) is 0 Å². The maximum atomic E-state index is 6.50. The number of aromatic nitrogens is 2. The van der Waals surface area contributed by atoms with Gasteiger partial charge in [-0.1, -0.05) is 59.7 Å².